The van der Waals surface area contributed by atoms with Crippen LogP contribution < -0.4 is 5.43 Å². The van der Waals surface area contributed by atoms with Gasteiger partial charge in [-0.25, -0.2) is 5.43 Å². The average Bonchev–Trinajstić information content (AvgIpc) is 2.49. The maximum absolute atomic E-state index is 12.1. The summed E-state index contributed by atoms with van der Waals surface area (Å²) in [6, 6.07) is 11.9. The van der Waals surface area contributed by atoms with Crippen LogP contribution >= 0.6 is 34.8 Å². The number of carbonyl (C=O) groups excluding carboxylic acids is 1. The van der Waals surface area contributed by atoms with Gasteiger partial charge in [0.1, 0.15) is 0 Å². The number of nitrogens with one attached hydrogen (secondary N) is 1. The van der Waals surface area contributed by atoms with Gasteiger partial charge in [-0.05, 0) is 30.7 Å². The van der Waals surface area contributed by atoms with Gasteiger partial charge in [0.2, 0.25) is 0 Å². The van der Waals surface area contributed by atoms with Crippen molar-refractivity contribution < 1.29 is 4.79 Å². The summed E-state index contributed by atoms with van der Waals surface area (Å²) < 4.78 is 0. The van der Waals surface area contributed by atoms with E-state index >= 15 is 0 Å². The van der Waals surface area contributed by atoms with Crippen LogP contribution in [-0.4, -0.2) is 11.6 Å². The molecule has 1 N–H and O–H groups in total. The highest BCUT2D eigenvalue weighted by Gasteiger charge is 2.11. The summed E-state index contributed by atoms with van der Waals surface area (Å²) in [5.41, 5.74) is 4.25. The van der Waals surface area contributed by atoms with Crippen LogP contribution in [0.3, 0.4) is 0 Å². The topological polar surface area (TPSA) is 41.5 Å². The van der Waals surface area contributed by atoms with Crippen molar-refractivity contribution in [3.05, 3.63) is 68.7 Å². The van der Waals surface area contributed by atoms with Gasteiger partial charge >= 0.3 is 0 Å². The van der Waals surface area contributed by atoms with Crippen LogP contribution in [0.5, 0.6) is 0 Å². The van der Waals surface area contributed by atoms with E-state index in [0.717, 1.165) is 5.56 Å². The van der Waals surface area contributed by atoms with E-state index in [9.17, 15) is 4.79 Å². The number of nitrogens with zero attached hydrogens (tertiary/aromatic N) is 1. The van der Waals surface area contributed by atoms with Crippen molar-refractivity contribution in [2.75, 3.05) is 0 Å². The van der Waals surface area contributed by atoms with Gasteiger partial charge in [-0.1, -0.05) is 59.9 Å². The minimum Gasteiger partial charge on any atom is -0.267 e. The van der Waals surface area contributed by atoms with Crippen molar-refractivity contribution in [2.45, 2.75) is 13.3 Å². The third kappa shape index (κ3) is 4.01. The van der Waals surface area contributed by atoms with E-state index < -0.39 is 0 Å². The molecule has 114 valence electrons. The van der Waals surface area contributed by atoms with E-state index in [1.165, 1.54) is 0 Å². The minimum atomic E-state index is -0.373. The van der Waals surface area contributed by atoms with Gasteiger partial charge in [-0.15, -0.1) is 0 Å². The molecule has 0 radical (unpaired) electrons. The molecule has 0 unspecified atom stereocenters. The quantitative estimate of drug-likeness (QED) is 0.595. The molecule has 0 aliphatic rings. The van der Waals surface area contributed by atoms with Crippen LogP contribution in [0.25, 0.3) is 0 Å². The van der Waals surface area contributed by atoms with Gasteiger partial charge in [0.15, 0.2) is 0 Å². The van der Waals surface area contributed by atoms with E-state index in [-0.39, 0.29) is 5.91 Å². The molecule has 22 heavy (non-hydrogen) atoms. The second-order valence-corrected chi connectivity index (χ2v) is 5.71. The molecule has 0 aliphatic carbocycles. The molecule has 3 nitrogen and oxygen atoms in total. The lowest BCUT2D eigenvalue weighted by Gasteiger charge is -2.08. The highest BCUT2D eigenvalue weighted by Crippen LogP contribution is 2.22. The first-order valence-corrected chi connectivity index (χ1v) is 7.73. The fraction of sp³-hybridized carbons (Fsp3) is 0.125. The SMILES string of the molecule is CCC(=NNC(=O)c1ccccc1Cl)c1ccc(Cl)cc1Cl. The van der Waals surface area contributed by atoms with Crippen LogP contribution in [0, 0.1) is 0 Å². The van der Waals surface area contributed by atoms with E-state index in [1.54, 1.807) is 42.5 Å². The largest absolute Gasteiger partial charge is 0.272 e. The van der Waals surface area contributed by atoms with Crippen LogP contribution in [0.4, 0.5) is 0 Å². The Labute approximate surface area is 143 Å². The molecule has 0 bridgehead atoms. The number of halogens is 3. The molecular formula is C16H13Cl3N2O. The van der Waals surface area contributed by atoms with Gasteiger partial charge in [0, 0.05) is 10.6 Å². The second kappa shape index (κ2) is 7.63. The smallest absolute Gasteiger partial charge is 0.267 e. The Bertz CT molecular complexity index is 729. The van der Waals surface area contributed by atoms with Crippen molar-refractivity contribution in [2.24, 2.45) is 5.10 Å². The predicted octanol–water partition coefficient (Wildman–Crippen LogP) is 5.19. The molecule has 0 saturated carbocycles. The molecule has 0 fully saturated rings. The predicted molar refractivity (Wildman–Crippen MR) is 92.2 cm³/mol. The molecule has 2 aromatic carbocycles. The Morgan fingerprint density at radius 2 is 1.77 bits per heavy atom. The highest BCUT2D eigenvalue weighted by molar-refractivity contribution is 6.37. The molecule has 6 heteroatoms. The summed E-state index contributed by atoms with van der Waals surface area (Å²) >= 11 is 18.0. The van der Waals surface area contributed by atoms with Crippen LogP contribution in [0.15, 0.2) is 47.6 Å². The van der Waals surface area contributed by atoms with Crippen LogP contribution in [0.1, 0.15) is 29.3 Å². The lowest BCUT2D eigenvalue weighted by molar-refractivity contribution is 0.0955. The standard InChI is InChI=1S/C16H13Cl3N2O/c1-2-15(11-8-7-10(17)9-14(11)19)20-21-16(22)12-5-3-4-6-13(12)18/h3-9H,2H2,1H3,(H,21,22). The monoisotopic (exact) mass is 354 g/mol. The number of hydrogen-bond donors (Lipinski definition) is 1. The molecule has 0 spiro atoms. The molecule has 2 aromatic rings. The average molecular weight is 356 g/mol. The Hall–Kier alpha value is -1.55. The first-order chi connectivity index (χ1) is 10.5. The Kier molecular flexibility index (Phi) is 5.83. The summed E-state index contributed by atoms with van der Waals surface area (Å²) in [5.74, 6) is -0.373. The summed E-state index contributed by atoms with van der Waals surface area (Å²) in [6.07, 6.45) is 0.601. The minimum absolute atomic E-state index is 0.366. The summed E-state index contributed by atoms with van der Waals surface area (Å²) in [6.45, 7) is 1.92. The lowest BCUT2D eigenvalue weighted by Crippen LogP contribution is -2.20. The van der Waals surface area contributed by atoms with Crippen molar-refractivity contribution in [1.29, 1.82) is 0 Å². The van der Waals surface area contributed by atoms with Gasteiger partial charge in [-0.2, -0.15) is 5.10 Å². The third-order valence-electron chi connectivity index (χ3n) is 2.99. The number of carbonyl (C=O) groups is 1. The first kappa shape index (κ1) is 16.8. The zero-order chi connectivity index (χ0) is 16.1. The zero-order valence-corrected chi connectivity index (χ0v) is 14.0. The zero-order valence-electron chi connectivity index (χ0n) is 11.7. The number of hydrazone groups is 1. The van der Waals surface area contributed by atoms with E-state index in [0.29, 0.717) is 32.8 Å². The van der Waals surface area contributed by atoms with Gasteiger partial charge < -0.3 is 0 Å². The number of benzene rings is 2. The van der Waals surface area contributed by atoms with Crippen LogP contribution in [0.2, 0.25) is 15.1 Å². The molecule has 0 saturated heterocycles. The molecular weight excluding hydrogens is 343 g/mol. The summed E-state index contributed by atoms with van der Waals surface area (Å²) in [7, 11) is 0. The summed E-state index contributed by atoms with van der Waals surface area (Å²) in [4.78, 5) is 12.1. The second-order valence-electron chi connectivity index (χ2n) is 4.46. The van der Waals surface area contributed by atoms with Crippen LogP contribution in [-0.2, 0) is 0 Å². The van der Waals surface area contributed by atoms with Crippen molar-refractivity contribution >= 4 is 46.4 Å². The molecule has 0 aliphatic heterocycles. The van der Waals surface area contributed by atoms with Crippen molar-refractivity contribution in [1.82, 2.24) is 5.43 Å². The van der Waals surface area contributed by atoms with Crippen molar-refractivity contribution in [3.8, 4) is 0 Å². The molecule has 0 aromatic heterocycles. The summed E-state index contributed by atoms with van der Waals surface area (Å²) in [5, 5.41) is 5.56. The molecule has 0 atom stereocenters. The Morgan fingerprint density at radius 1 is 1.05 bits per heavy atom. The number of rotatable bonds is 4. The van der Waals surface area contributed by atoms with Gasteiger partial charge in [-0.3, -0.25) is 4.79 Å². The molecule has 1 amide bonds. The van der Waals surface area contributed by atoms with Crippen molar-refractivity contribution in [3.63, 3.8) is 0 Å². The molecule has 0 heterocycles. The maximum atomic E-state index is 12.1. The first-order valence-electron chi connectivity index (χ1n) is 6.59. The fourth-order valence-electron chi connectivity index (χ4n) is 1.88. The van der Waals surface area contributed by atoms with Gasteiger partial charge in [0.05, 0.1) is 21.3 Å². The third-order valence-corrected chi connectivity index (χ3v) is 3.87. The Balaban J connectivity index is 2.23. The van der Waals surface area contributed by atoms with E-state index in [2.05, 4.69) is 10.5 Å². The lowest BCUT2D eigenvalue weighted by atomic mass is 10.1. The maximum Gasteiger partial charge on any atom is 0.272 e. The normalized spacial score (nSPS) is 11.4. The Morgan fingerprint density at radius 3 is 2.41 bits per heavy atom. The molecule has 2 rings (SSSR count). The highest BCUT2D eigenvalue weighted by atomic mass is 35.5. The van der Waals surface area contributed by atoms with E-state index in [1.807, 2.05) is 6.92 Å². The van der Waals surface area contributed by atoms with E-state index in [4.69, 9.17) is 34.8 Å². The number of amides is 1. The van der Waals surface area contributed by atoms with Gasteiger partial charge in [0.25, 0.3) is 5.91 Å². The fourth-order valence-corrected chi connectivity index (χ4v) is 2.62. The number of hydrogen-bond acceptors (Lipinski definition) is 2.